The number of benzene rings is 4. The monoisotopic (exact) mass is 550 g/mol. The minimum Gasteiger partial charge on any atom is -0.308 e. The van der Waals surface area contributed by atoms with Crippen LogP contribution < -0.4 is 0 Å². The molecule has 0 spiro atoms. The normalized spacial score (nSPS) is 12.2. The molecular weight excluding hydrogens is 528 g/mol. The molecule has 6 nitrogen and oxygen atoms in total. The summed E-state index contributed by atoms with van der Waals surface area (Å²) >= 11 is 0. The van der Waals surface area contributed by atoms with E-state index >= 15 is 0 Å². The van der Waals surface area contributed by atoms with Gasteiger partial charge in [0.15, 0.2) is 11.3 Å². The molecule has 6 heteroatoms. The van der Waals surface area contributed by atoms with Crippen molar-refractivity contribution in [2.45, 2.75) is 0 Å². The highest BCUT2D eigenvalue weighted by molar-refractivity contribution is 6.26. The van der Waals surface area contributed by atoms with Crippen LogP contribution in [0.2, 0.25) is 0 Å². The molecule has 6 heterocycles. The summed E-state index contributed by atoms with van der Waals surface area (Å²) < 4.78 is 6.95. The zero-order chi connectivity index (χ0) is 28.1. The number of pyridine rings is 3. The van der Waals surface area contributed by atoms with Crippen molar-refractivity contribution in [3.05, 3.63) is 134 Å². The Morgan fingerprint density at radius 1 is 0.419 bits per heavy atom. The summed E-state index contributed by atoms with van der Waals surface area (Å²) in [6.07, 6.45) is 3.70. The van der Waals surface area contributed by atoms with Crippen molar-refractivity contribution < 1.29 is 0 Å². The topological polar surface area (TPSA) is 52.9 Å². The summed E-state index contributed by atoms with van der Waals surface area (Å²) in [4.78, 5) is 15.1. The van der Waals surface area contributed by atoms with Crippen molar-refractivity contribution in [2.75, 3.05) is 0 Å². The van der Waals surface area contributed by atoms with Crippen LogP contribution in [0.4, 0.5) is 0 Å². The molecule has 6 aromatic heterocycles. The largest absolute Gasteiger partial charge is 0.308 e. The molecule has 0 fully saturated rings. The Morgan fingerprint density at radius 2 is 1.07 bits per heavy atom. The van der Waals surface area contributed by atoms with E-state index < -0.39 is 0 Å². The quantitative estimate of drug-likeness (QED) is 0.203. The molecule has 0 atom stereocenters. The fourth-order valence-electron chi connectivity index (χ4n) is 7.00. The van der Waals surface area contributed by atoms with Crippen LogP contribution in [0.5, 0.6) is 0 Å². The molecule has 0 saturated heterocycles. The molecule has 0 radical (unpaired) electrons. The van der Waals surface area contributed by atoms with Gasteiger partial charge in [-0.05, 0) is 60.7 Å². The van der Waals surface area contributed by atoms with Crippen LogP contribution in [0.15, 0.2) is 134 Å². The first-order valence-electron chi connectivity index (χ1n) is 14.4. The highest BCUT2D eigenvalue weighted by Gasteiger charge is 2.26. The zero-order valence-electron chi connectivity index (χ0n) is 22.9. The van der Waals surface area contributed by atoms with Crippen LogP contribution >= 0.6 is 0 Å². The van der Waals surface area contributed by atoms with Crippen LogP contribution in [0.1, 0.15) is 0 Å². The molecule has 200 valence electrons. The summed E-state index contributed by atoms with van der Waals surface area (Å²) in [7, 11) is 0. The summed E-state index contributed by atoms with van der Waals surface area (Å²) in [6.45, 7) is 0. The van der Waals surface area contributed by atoms with E-state index in [9.17, 15) is 0 Å². The SMILES string of the molecule is c1ccc(-n2c3ccc4c5ccccc5n(-c5ccccc5)c4c3c3c2nc2c4cccnc4c4cccnc4n23)cc1. The Labute approximate surface area is 244 Å². The summed E-state index contributed by atoms with van der Waals surface area (Å²) in [5, 5.41) is 5.56. The van der Waals surface area contributed by atoms with Gasteiger partial charge in [0.05, 0.1) is 27.5 Å². The van der Waals surface area contributed by atoms with Crippen LogP contribution in [-0.2, 0) is 0 Å². The predicted molar refractivity (Wildman–Crippen MR) is 174 cm³/mol. The van der Waals surface area contributed by atoms with Gasteiger partial charge in [0, 0.05) is 45.3 Å². The van der Waals surface area contributed by atoms with Crippen molar-refractivity contribution in [3.63, 3.8) is 0 Å². The van der Waals surface area contributed by atoms with E-state index in [0.717, 1.165) is 66.5 Å². The fourth-order valence-corrected chi connectivity index (χ4v) is 7.00. The molecule has 4 aromatic carbocycles. The first-order valence-corrected chi connectivity index (χ1v) is 14.4. The molecule has 0 bridgehead atoms. The maximum atomic E-state index is 5.41. The number of nitrogens with zero attached hydrogens (tertiary/aromatic N) is 6. The van der Waals surface area contributed by atoms with Crippen LogP contribution in [0.25, 0.3) is 82.8 Å². The lowest BCUT2D eigenvalue weighted by atomic mass is 10.1. The van der Waals surface area contributed by atoms with Crippen LogP contribution in [0.3, 0.4) is 0 Å². The smallest absolute Gasteiger partial charge is 0.165 e. The van der Waals surface area contributed by atoms with Gasteiger partial charge in [0.2, 0.25) is 0 Å². The van der Waals surface area contributed by atoms with Crippen LogP contribution in [-0.4, -0.2) is 28.5 Å². The van der Waals surface area contributed by atoms with Gasteiger partial charge < -0.3 is 4.57 Å². The first-order chi connectivity index (χ1) is 21.4. The van der Waals surface area contributed by atoms with Gasteiger partial charge >= 0.3 is 0 Å². The van der Waals surface area contributed by atoms with Crippen molar-refractivity contribution in [1.82, 2.24) is 28.5 Å². The third kappa shape index (κ3) is 2.89. The summed E-state index contributed by atoms with van der Waals surface area (Å²) in [5.74, 6) is 0. The van der Waals surface area contributed by atoms with Gasteiger partial charge in [-0.25, -0.2) is 9.97 Å². The van der Waals surface area contributed by atoms with E-state index in [2.05, 4.69) is 123 Å². The fraction of sp³-hybridized carbons (Fsp3) is 0. The van der Waals surface area contributed by atoms with E-state index in [1.165, 1.54) is 16.3 Å². The van der Waals surface area contributed by atoms with Crippen molar-refractivity contribution in [1.29, 1.82) is 0 Å². The van der Waals surface area contributed by atoms with Gasteiger partial charge in [-0.2, -0.15) is 0 Å². The van der Waals surface area contributed by atoms with Crippen LogP contribution in [0, 0.1) is 0 Å². The Hall–Kier alpha value is -6.01. The summed E-state index contributed by atoms with van der Waals surface area (Å²) in [6, 6.07) is 42.5. The second-order valence-electron chi connectivity index (χ2n) is 10.9. The maximum absolute atomic E-state index is 5.41. The molecule has 43 heavy (non-hydrogen) atoms. The lowest BCUT2D eigenvalue weighted by molar-refractivity contribution is 1.15. The van der Waals surface area contributed by atoms with Gasteiger partial charge in [-0.1, -0.05) is 60.7 Å². The van der Waals surface area contributed by atoms with Crippen molar-refractivity contribution in [3.8, 4) is 11.4 Å². The Kier molecular flexibility index (Phi) is 4.36. The minimum absolute atomic E-state index is 0.845. The molecule has 0 aliphatic heterocycles. The molecule has 0 aliphatic carbocycles. The number of aromatic nitrogens is 6. The second kappa shape index (κ2) is 8.27. The van der Waals surface area contributed by atoms with E-state index in [0.29, 0.717) is 0 Å². The predicted octanol–water partition coefficient (Wildman–Crippen LogP) is 8.62. The molecule has 10 rings (SSSR count). The average Bonchev–Trinajstić information content (AvgIpc) is 3.73. The number of fused-ring (bicyclic) bond motifs is 14. The highest BCUT2D eigenvalue weighted by Crippen LogP contribution is 2.43. The molecule has 0 amide bonds. The lowest BCUT2D eigenvalue weighted by Gasteiger charge is -2.11. The Morgan fingerprint density at radius 3 is 1.86 bits per heavy atom. The molecule has 10 aromatic rings. The Balaban J connectivity index is 1.56. The standard InChI is InChI=1S/C37H22N6/c1-3-11-23(12-4-1)41-29-18-8-7-15-25(29)26-19-20-30-31(33(26)41)34-37(42(30)24-13-5-2-6-14-24)40-36-28-17-9-21-38-32(28)27-16-10-22-39-35(27)43(34)36/h1-22H. The molecule has 0 saturated carbocycles. The van der Waals surface area contributed by atoms with Gasteiger partial charge in [0.1, 0.15) is 11.2 Å². The number of rotatable bonds is 2. The molecule has 0 N–H and O–H groups in total. The van der Waals surface area contributed by atoms with Crippen molar-refractivity contribution >= 4 is 71.5 Å². The number of hydrogen-bond acceptors (Lipinski definition) is 3. The highest BCUT2D eigenvalue weighted by atomic mass is 15.2. The maximum Gasteiger partial charge on any atom is 0.165 e. The van der Waals surface area contributed by atoms with E-state index in [-0.39, 0.29) is 0 Å². The van der Waals surface area contributed by atoms with Gasteiger partial charge in [0.25, 0.3) is 0 Å². The number of para-hydroxylation sites is 3. The lowest BCUT2D eigenvalue weighted by Crippen LogP contribution is -1.97. The third-order valence-corrected chi connectivity index (χ3v) is 8.69. The van der Waals surface area contributed by atoms with E-state index in [4.69, 9.17) is 15.0 Å². The van der Waals surface area contributed by atoms with E-state index in [1.807, 2.05) is 24.5 Å². The van der Waals surface area contributed by atoms with Gasteiger partial charge in [-0.3, -0.25) is 14.0 Å². The average molecular weight is 551 g/mol. The minimum atomic E-state index is 0.845. The number of imidazole rings is 1. The molecule has 0 unspecified atom stereocenters. The molecule has 0 aliphatic rings. The first kappa shape index (κ1) is 22.7. The zero-order valence-corrected chi connectivity index (χ0v) is 22.9. The number of hydrogen-bond donors (Lipinski definition) is 0. The Bertz CT molecular complexity index is 2710. The second-order valence-corrected chi connectivity index (χ2v) is 10.9. The van der Waals surface area contributed by atoms with Gasteiger partial charge in [-0.15, -0.1) is 0 Å². The molecular formula is C37H22N6. The van der Waals surface area contributed by atoms with E-state index in [1.54, 1.807) is 0 Å². The third-order valence-electron chi connectivity index (χ3n) is 8.69. The summed E-state index contributed by atoms with van der Waals surface area (Å²) in [5.41, 5.74) is 10.1. The van der Waals surface area contributed by atoms with Crippen molar-refractivity contribution in [2.24, 2.45) is 0 Å².